The number of thiol groups is 1. The Labute approximate surface area is 221 Å². The third kappa shape index (κ3) is 6.58. The number of benzene rings is 2. The second-order valence-electron chi connectivity index (χ2n) is 8.92. The molecular weight excluding hydrogens is 528 g/mol. The van der Waals surface area contributed by atoms with Crippen molar-refractivity contribution in [1.29, 1.82) is 0 Å². The highest BCUT2D eigenvalue weighted by Gasteiger charge is 2.29. The van der Waals surface area contributed by atoms with Crippen molar-refractivity contribution >= 4 is 18.5 Å². The molecule has 13 heteroatoms. The van der Waals surface area contributed by atoms with E-state index >= 15 is 0 Å². The van der Waals surface area contributed by atoms with Crippen LogP contribution in [-0.2, 0) is 0 Å². The first-order valence-electron chi connectivity index (χ1n) is 11.7. The molecule has 1 amide bonds. The molecule has 0 bridgehead atoms. The summed E-state index contributed by atoms with van der Waals surface area (Å²) in [4.78, 5) is 17.5. The summed E-state index contributed by atoms with van der Waals surface area (Å²) in [6.45, 7) is -1.16. The van der Waals surface area contributed by atoms with Crippen molar-refractivity contribution in [3.63, 3.8) is 0 Å². The van der Waals surface area contributed by atoms with E-state index in [0.717, 1.165) is 25.0 Å². The van der Waals surface area contributed by atoms with Crippen LogP contribution in [0.25, 0.3) is 11.5 Å². The molecule has 4 rings (SSSR count). The number of halogens is 4. The Morgan fingerprint density at radius 1 is 1.18 bits per heavy atom. The molecular formula is C25H26F4N4O4S. The minimum atomic E-state index is -3.05. The van der Waals surface area contributed by atoms with E-state index in [9.17, 15) is 22.4 Å². The van der Waals surface area contributed by atoms with Crippen LogP contribution < -0.4 is 26.3 Å². The average molecular weight is 555 g/mol. The van der Waals surface area contributed by atoms with E-state index in [4.69, 9.17) is 20.6 Å². The lowest BCUT2D eigenvalue weighted by atomic mass is 10.1. The van der Waals surface area contributed by atoms with Crippen molar-refractivity contribution in [2.24, 2.45) is 17.4 Å². The number of nitrogens with two attached hydrogens (primary N) is 2. The van der Waals surface area contributed by atoms with Gasteiger partial charge in [0.2, 0.25) is 5.89 Å². The number of hydrogen-bond acceptors (Lipinski definition) is 8. The summed E-state index contributed by atoms with van der Waals surface area (Å²) < 4.78 is 69.5. The highest BCUT2D eigenvalue weighted by atomic mass is 32.1. The fraction of sp³-hybridized carbons (Fsp3) is 0.360. The SMILES string of the molecule is C[C@H](N)c1oc(-c2ccc(OC(F)F)c(OCC3CC3)c2)nc1C(=O)NC(c1ccc(F)cc1F)[C@H](N)S. The van der Waals surface area contributed by atoms with E-state index in [-0.39, 0.29) is 34.4 Å². The minimum Gasteiger partial charge on any atom is -0.489 e. The molecule has 1 aliphatic rings. The first-order chi connectivity index (χ1) is 18.0. The van der Waals surface area contributed by atoms with E-state index in [0.29, 0.717) is 24.2 Å². The van der Waals surface area contributed by atoms with Gasteiger partial charge in [0.1, 0.15) is 11.6 Å². The molecule has 2 aromatic carbocycles. The topological polar surface area (TPSA) is 126 Å². The molecule has 5 N–H and O–H groups in total. The average Bonchev–Trinajstić information content (AvgIpc) is 3.56. The highest BCUT2D eigenvalue weighted by molar-refractivity contribution is 7.80. The van der Waals surface area contributed by atoms with Gasteiger partial charge < -0.3 is 30.7 Å². The number of carbonyl (C=O) groups excluding carboxylic acids is 1. The maximum atomic E-state index is 14.4. The molecule has 3 aromatic rings. The van der Waals surface area contributed by atoms with E-state index in [1.165, 1.54) is 18.2 Å². The summed E-state index contributed by atoms with van der Waals surface area (Å²) >= 11 is 4.13. The molecule has 1 aliphatic carbocycles. The van der Waals surface area contributed by atoms with Crippen LogP contribution >= 0.6 is 12.6 Å². The summed E-state index contributed by atoms with van der Waals surface area (Å²) in [5, 5.41) is 1.48. The Kier molecular flexibility index (Phi) is 8.48. The number of hydrogen-bond donors (Lipinski definition) is 4. The van der Waals surface area contributed by atoms with Crippen LogP contribution in [0.5, 0.6) is 11.5 Å². The molecule has 38 heavy (non-hydrogen) atoms. The van der Waals surface area contributed by atoms with Crippen LogP contribution in [0.3, 0.4) is 0 Å². The van der Waals surface area contributed by atoms with Crippen LogP contribution in [0.4, 0.5) is 17.6 Å². The highest BCUT2D eigenvalue weighted by Crippen LogP contribution is 2.37. The van der Waals surface area contributed by atoms with E-state index in [1.807, 2.05) is 0 Å². The summed E-state index contributed by atoms with van der Waals surface area (Å²) in [5.74, 6) is -2.29. The molecule has 8 nitrogen and oxygen atoms in total. The van der Waals surface area contributed by atoms with Crippen molar-refractivity contribution in [2.45, 2.75) is 43.8 Å². The molecule has 0 aliphatic heterocycles. The van der Waals surface area contributed by atoms with Gasteiger partial charge in [0.15, 0.2) is 23.0 Å². The number of rotatable bonds is 11. The van der Waals surface area contributed by atoms with Crippen LogP contribution in [0.15, 0.2) is 40.8 Å². The van der Waals surface area contributed by atoms with E-state index in [1.54, 1.807) is 6.92 Å². The number of amides is 1. The molecule has 0 radical (unpaired) electrons. The Morgan fingerprint density at radius 3 is 2.53 bits per heavy atom. The van der Waals surface area contributed by atoms with Gasteiger partial charge in [-0.05, 0) is 49.9 Å². The molecule has 3 atom stereocenters. The van der Waals surface area contributed by atoms with Crippen LogP contribution in [0.2, 0.25) is 0 Å². The zero-order valence-electron chi connectivity index (χ0n) is 20.2. The lowest BCUT2D eigenvalue weighted by molar-refractivity contribution is -0.0515. The Morgan fingerprint density at radius 2 is 1.92 bits per heavy atom. The number of carbonyl (C=O) groups is 1. The minimum absolute atomic E-state index is 0.0110. The van der Waals surface area contributed by atoms with Crippen molar-refractivity contribution in [3.05, 3.63) is 65.1 Å². The summed E-state index contributed by atoms with van der Waals surface area (Å²) in [5.41, 5.74) is 11.9. The van der Waals surface area contributed by atoms with Gasteiger partial charge in [0.25, 0.3) is 5.91 Å². The molecule has 1 fully saturated rings. The molecule has 1 saturated carbocycles. The molecule has 0 spiro atoms. The smallest absolute Gasteiger partial charge is 0.387 e. The fourth-order valence-corrected chi connectivity index (χ4v) is 3.91. The third-order valence-corrected chi connectivity index (χ3v) is 6.08. The number of oxazole rings is 1. The maximum Gasteiger partial charge on any atom is 0.387 e. The van der Waals surface area contributed by atoms with Crippen LogP contribution in [-0.4, -0.2) is 29.5 Å². The number of ether oxygens (including phenoxy) is 2. The second kappa shape index (κ2) is 11.6. The standard InChI is InChI=1S/C25H26F4N4O4S/c1-11(30)21-20(23(34)32-19(22(31)38)15-6-5-14(26)9-16(15)27)33-24(37-21)13-4-7-17(36-25(28)29)18(8-13)35-10-12-2-3-12/h4-9,11-12,19,22,25,38H,2-3,10,30-31H2,1H3,(H,32,34)/t11-,19?,22+/m0/s1. The zero-order valence-corrected chi connectivity index (χ0v) is 21.1. The number of aromatic nitrogens is 1. The predicted octanol–water partition coefficient (Wildman–Crippen LogP) is 4.72. The summed E-state index contributed by atoms with van der Waals surface area (Å²) in [7, 11) is 0. The second-order valence-corrected chi connectivity index (χ2v) is 9.52. The van der Waals surface area contributed by atoms with Gasteiger partial charge in [-0.25, -0.2) is 13.8 Å². The maximum absolute atomic E-state index is 14.4. The Hall–Kier alpha value is -3.29. The van der Waals surface area contributed by atoms with Crippen LogP contribution in [0, 0.1) is 17.6 Å². The van der Waals surface area contributed by atoms with Gasteiger partial charge in [0.05, 0.1) is 24.1 Å². The van der Waals surface area contributed by atoms with Gasteiger partial charge >= 0.3 is 6.61 Å². The normalized spacial score (nSPS) is 15.7. The van der Waals surface area contributed by atoms with Gasteiger partial charge in [-0.2, -0.15) is 21.4 Å². The molecule has 1 unspecified atom stereocenters. The fourth-order valence-electron chi connectivity index (χ4n) is 3.68. The van der Waals surface area contributed by atoms with Gasteiger partial charge in [-0.1, -0.05) is 6.07 Å². The lowest BCUT2D eigenvalue weighted by Gasteiger charge is -2.22. The third-order valence-electron chi connectivity index (χ3n) is 5.79. The zero-order chi connectivity index (χ0) is 27.6. The number of nitrogens with one attached hydrogen (secondary N) is 1. The lowest BCUT2D eigenvalue weighted by Crippen LogP contribution is -2.39. The predicted molar refractivity (Wildman–Crippen MR) is 133 cm³/mol. The quantitative estimate of drug-likeness (QED) is 0.154. The van der Waals surface area contributed by atoms with Crippen molar-refractivity contribution < 1.29 is 36.2 Å². The Balaban J connectivity index is 1.65. The first-order valence-corrected chi connectivity index (χ1v) is 12.2. The van der Waals surface area contributed by atoms with Crippen molar-refractivity contribution in [3.8, 4) is 23.0 Å². The molecule has 1 heterocycles. The van der Waals surface area contributed by atoms with E-state index < -0.39 is 41.6 Å². The number of nitrogens with zero attached hydrogens (tertiary/aromatic N) is 1. The summed E-state index contributed by atoms with van der Waals surface area (Å²) in [6.07, 6.45) is 1.97. The van der Waals surface area contributed by atoms with Crippen molar-refractivity contribution in [2.75, 3.05) is 6.61 Å². The van der Waals surface area contributed by atoms with Gasteiger partial charge in [-0.3, -0.25) is 4.79 Å². The van der Waals surface area contributed by atoms with Crippen LogP contribution in [0.1, 0.15) is 53.7 Å². The van der Waals surface area contributed by atoms with Crippen molar-refractivity contribution in [1.82, 2.24) is 10.3 Å². The summed E-state index contributed by atoms with van der Waals surface area (Å²) in [6, 6.07) is 5.02. The Bertz CT molecular complexity index is 1300. The first kappa shape index (κ1) is 27.7. The van der Waals surface area contributed by atoms with E-state index in [2.05, 4.69) is 27.7 Å². The van der Waals surface area contributed by atoms with Gasteiger partial charge in [-0.15, -0.1) is 0 Å². The monoisotopic (exact) mass is 554 g/mol. The molecule has 1 aromatic heterocycles. The number of alkyl halides is 2. The molecule has 204 valence electrons. The van der Waals surface area contributed by atoms with Gasteiger partial charge in [0, 0.05) is 17.2 Å². The molecule has 0 saturated heterocycles. The largest absolute Gasteiger partial charge is 0.489 e.